The first-order valence-corrected chi connectivity index (χ1v) is 12.0. The number of nitrogens with one attached hydrogen (secondary N) is 1. The van der Waals surface area contributed by atoms with Crippen LogP contribution in [-0.2, 0) is 21.2 Å². The Morgan fingerprint density at radius 1 is 1.19 bits per heavy atom. The van der Waals surface area contributed by atoms with Gasteiger partial charge in [-0.05, 0) is 43.4 Å². The second-order valence-electron chi connectivity index (χ2n) is 7.55. The minimum absolute atomic E-state index is 0.0494. The summed E-state index contributed by atoms with van der Waals surface area (Å²) in [4.78, 5) is 22.9. The van der Waals surface area contributed by atoms with Gasteiger partial charge in [0, 0.05) is 25.1 Å². The Morgan fingerprint density at radius 2 is 1.84 bits per heavy atom. The number of nitro benzene ring substituents is 1. The molecule has 0 spiro atoms. The van der Waals surface area contributed by atoms with Crippen LogP contribution in [0.2, 0.25) is 0 Å². The molecule has 0 aliphatic carbocycles. The predicted octanol–water partition coefficient (Wildman–Crippen LogP) is 3.89. The number of nitro groups is 1. The molecule has 1 atom stereocenters. The topological polar surface area (TPSA) is 110 Å². The number of hydrogen-bond donors (Lipinski definition) is 1. The summed E-state index contributed by atoms with van der Waals surface area (Å²) in [6.45, 7) is 5.71. The van der Waals surface area contributed by atoms with Crippen LogP contribution >= 0.6 is 0 Å². The number of rotatable bonds is 10. The molecule has 0 fully saturated rings. The van der Waals surface area contributed by atoms with E-state index in [2.05, 4.69) is 12.2 Å². The van der Waals surface area contributed by atoms with E-state index in [4.69, 9.17) is 0 Å². The molecule has 0 aliphatic heterocycles. The first kappa shape index (κ1) is 24.3. The summed E-state index contributed by atoms with van der Waals surface area (Å²) in [6.07, 6.45) is 2.41. The van der Waals surface area contributed by atoms with E-state index in [-0.39, 0.29) is 42.7 Å². The number of sulfonamides is 1. The van der Waals surface area contributed by atoms with Crippen molar-refractivity contribution in [2.24, 2.45) is 0 Å². The number of benzene rings is 2. The van der Waals surface area contributed by atoms with Gasteiger partial charge in [-0.3, -0.25) is 19.2 Å². The van der Waals surface area contributed by atoms with E-state index in [9.17, 15) is 23.3 Å². The van der Waals surface area contributed by atoms with Crippen molar-refractivity contribution in [3.63, 3.8) is 0 Å². The van der Waals surface area contributed by atoms with Crippen molar-refractivity contribution in [1.29, 1.82) is 0 Å². The minimum Gasteiger partial charge on any atom is -0.350 e. The average Bonchev–Trinajstić information content (AvgIpc) is 2.71. The molecule has 9 heteroatoms. The van der Waals surface area contributed by atoms with Gasteiger partial charge < -0.3 is 5.32 Å². The molecular weight excluding hydrogens is 418 g/mol. The van der Waals surface area contributed by atoms with Gasteiger partial charge in [-0.15, -0.1) is 0 Å². The molecule has 0 heterocycles. The maximum atomic E-state index is 12.4. The van der Waals surface area contributed by atoms with E-state index in [0.717, 1.165) is 22.5 Å². The third-order valence-corrected chi connectivity index (χ3v) is 6.28. The lowest BCUT2D eigenvalue weighted by Gasteiger charge is -2.24. The highest BCUT2D eigenvalue weighted by Crippen LogP contribution is 2.27. The zero-order valence-electron chi connectivity index (χ0n) is 18.3. The van der Waals surface area contributed by atoms with E-state index in [0.29, 0.717) is 5.56 Å². The molecule has 0 saturated heterocycles. The van der Waals surface area contributed by atoms with Crippen LogP contribution < -0.4 is 9.62 Å². The Balaban J connectivity index is 2.02. The van der Waals surface area contributed by atoms with Gasteiger partial charge in [-0.2, -0.15) is 0 Å². The van der Waals surface area contributed by atoms with Gasteiger partial charge in [0.05, 0.1) is 22.9 Å². The zero-order valence-corrected chi connectivity index (χ0v) is 19.1. The van der Waals surface area contributed by atoms with Crippen LogP contribution in [0, 0.1) is 17.0 Å². The lowest BCUT2D eigenvalue weighted by molar-refractivity contribution is -0.384. The standard InChI is InChI=1S/C22H29N3O5S/c1-5-18-9-11-19(12-10-18)17(3)23-22(26)7-6-14-24(31(4,29)30)21-15-20(25(27)28)13-8-16(21)2/h8-13,15,17H,5-7,14H2,1-4H3,(H,23,26)/t17-/m0/s1. The van der Waals surface area contributed by atoms with Crippen molar-refractivity contribution < 1.29 is 18.1 Å². The van der Waals surface area contributed by atoms with Crippen molar-refractivity contribution in [1.82, 2.24) is 5.32 Å². The molecule has 0 unspecified atom stereocenters. The number of carbonyl (C=O) groups excluding carboxylic acids is 1. The van der Waals surface area contributed by atoms with Crippen LogP contribution in [0.15, 0.2) is 42.5 Å². The average molecular weight is 448 g/mol. The van der Waals surface area contributed by atoms with Gasteiger partial charge in [0.2, 0.25) is 15.9 Å². The van der Waals surface area contributed by atoms with Crippen LogP contribution in [-0.4, -0.2) is 32.0 Å². The molecule has 0 bridgehead atoms. The molecule has 1 N–H and O–H groups in total. The Hall–Kier alpha value is -2.94. The maximum Gasteiger partial charge on any atom is 0.271 e. The molecule has 8 nitrogen and oxygen atoms in total. The number of anilines is 1. The number of non-ortho nitro benzene ring substituents is 1. The minimum atomic E-state index is -3.67. The van der Waals surface area contributed by atoms with Crippen molar-refractivity contribution in [3.8, 4) is 0 Å². The second kappa shape index (κ2) is 10.4. The van der Waals surface area contributed by atoms with E-state index < -0.39 is 14.9 Å². The SMILES string of the molecule is CCc1ccc([C@H](C)NC(=O)CCCN(c2cc([N+](=O)[O-])ccc2C)S(C)(=O)=O)cc1. The monoisotopic (exact) mass is 447 g/mol. The van der Waals surface area contributed by atoms with E-state index in [1.165, 1.54) is 23.8 Å². The number of aryl methyl sites for hydroxylation is 2. The van der Waals surface area contributed by atoms with Gasteiger partial charge in [0.25, 0.3) is 5.69 Å². The van der Waals surface area contributed by atoms with E-state index in [1.807, 2.05) is 31.2 Å². The van der Waals surface area contributed by atoms with Gasteiger partial charge >= 0.3 is 0 Å². The molecule has 0 aromatic heterocycles. The van der Waals surface area contributed by atoms with Gasteiger partial charge in [0.15, 0.2) is 0 Å². The van der Waals surface area contributed by atoms with Crippen LogP contribution in [0.1, 0.15) is 49.4 Å². The Labute approximate surface area is 183 Å². The summed E-state index contributed by atoms with van der Waals surface area (Å²) < 4.78 is 25.7. The first-order chi connectivity index (χ1) is 14.5. The molecule has 2 rings (SSSR count). The molecule has 0 aliphatic rings. The van der Waals surface area contributed by atoms with Crippen molar-refractivity contribution in [3.05, 3.63) is 69.3 Å². The highest BCUT2D eigenvalue weighted by Gasteiger charge is 2.22. The molecule has 1 amide bonds. The van der Waals surface area contributed by atoms with Crippen LogP contribution in [0.4, 0.5) is 11.4 Å². The highest BCUT2D eigenvalue weighted by atomic mass is 32.2. The fourth-order valence-electron chi connectivity index (χ4n) is 3.27. The normalized spacial score (nSPS) is 12.3. The molecule has 31 heavy (non-hydrogen) atoms. The molecule has 2 aromatic rings. The first-order valence-electron chi connectivity index (χ1n) is 10.1. The number of hydrogen-bond acceptors (Lipinski definition) is 5. The smallest absolute Gasteiger partial charge is 0.271 e. The molecule has 2 aromatic carbocycles. The highest BCUT2D eigenvalue weighted by molar-refractivity contribution is 7.92. The molecule has 168 valence electrons. The van der Waals surface area contributed by atoms with Crippen LogP contribution in [0.25, 0.3) is 0 Å². The predicted molar refractivity (Wildman–Crippen MR) is 122 cm³/mol. The fraction of sp³-hybridized carbons (Fsp3) is 0.409. The Kier molecular flexibility index (Phi) is 8.15. The summed E-state index contributed by atoms with van der Waals surface area (Å²) in [6, 6.07) is 12.0. The molecule has 0 saturated carbocycles. The largest absolute Gasteiger partial charge is 0.350 e. The van der Waals surface area contributed by atoms with E-state index >= 15 is 0 Å². The number of nitrogens with zero attached hydrogens (tertiary/aromatic N) is 2. The Bertz CT molecular complexity index is 1040. The molecule has 0 radical (unpaired) electrons. The lowest BCUT2D eigenvalue weighted by atomic mass is 10.0. The van der Waals surface area contributed by atoms with Crippen molar-refractivity contribution in [2.45, 2.75) is 46.1 Å². The maximum absolute atomic E-state index is 12.4. The van der Waals surface area contributed by atoms with Crippen molar-refractivity contribution in [2.75, 3.05) is 17.1 Å². The number of amides is 1. The fourth-order valence-corrected chi connectivity index (χ4v) is 4.28. The van der Waals surface area contributed by atoms with Gasteiger partial charge in [-0.1, -0.05) is 37.3 Å². The third kappa shape index (κ3) is 6.78. The lowest BCUT2D eigenvalue weighted by Crippen LogP contribution is -2.33. The zero-order chi connectivity index (χ0) is 23.2. The second-order valence-corrected chi connectivity index (χ2v) is 9.46. The summed E-state index contributed by atoms with van der Waals surface area (Å²) in [7, 11) is -3.67. The summed E-state index contributed by atoms with van der Waals surface area (Å²) >= 11 is 0. The summed E-state index contributed by atoms with van der Waals surface area (Å²) in [5, 5.41) is 14.0. The third-order valence-electron chi connectivity index (χ3n) is 5.10. The number of carbonyl (C=O) groups is 1. The van der Waals surface area contributed by atoms with Gasteiger partial charge in [0.1, 0.15) is 0 Å². The summed E-state index contributed by atoms with van der Waals surface area (Å²) in [5.41, 5.74) is 2.89. The van der Waals surface area contributed by atoms with Crippen molar-refractivity contribution >= 4 is 27.3 Å². The van der Waals surface area contributed by atoms with Crippen LogP contribution in [0.3, 0.4) is 0 Å². The van der Waals surface area contributed by atoms with E-state index in [1.54, 1.807) is 6.92 Å². The quantitative estimate of drug-likeness (QED) is 0.439. The molecular formula is C22H29N3O5S. The van der Waals surface area contributed by atoms with Gasteiger partial charge in [-0.25, -0.2) is 8.42 Å². The van der Waals surface area contributed by atoms with Crippen LogP contribution in [0.5, 0.6) is 0 Å². The summed E-state index contributed by atoms with van der Waals surface area (Å²) in [5.74, 6) is -0.184. The Morgan fingerprint density at radius 3 is 2.39 bits per heavy atom.